The molecule has 3 aliphatic heterocycles. The van der Waals surface area contributed by atoms with Crippen molar-refractivity contribution in [2.75, 3.05) is 69.1 Å². The minimum Gasteiger partial charge on any atom is -0.497 e. The number of carbonyl (C=O) groups is 5. The normalized spacial score (nSPS) is 15.0. The van der Waals surface area contributed by atoms with Crippen LogP contribution in [-0.2, 0) is 63.4 Å². The number of aryl methyl sites for hydroxylation is 1. The van der Waals surface area contributed by atoms with Crippen LogP contribution in [0.3, 0.4) is 0 Å². The van der Waals surface area contributed by atoms with Gasteiger partial charge in [-0.15, -0.1) is 0 Å². The Hall–Kier alpha value is -6.47. The molecule has 1 amide bonds. The molecule has 0 radical (unpaired) electrons. The first kappa shape index (κ1) is 97.6. The summed E-state index contributed by atoms with van der Waals surface area (Å²) in [7, 11) is 8.85. The van der Waals surface area contributed by atoms with E-state index in [0.29, 0.717) is 89.0 Å². The van der Waals surface area contributed by atoms with Crippen LogP contribution in [0.1, 0.15) is 153 Å². The maximum Gasteiger partial charge on any atom is 0.337 e. The van der Waals surface area contributed by atoms with E-state index in [-0.39, 0.29) is 96.6 Å². The highest BCUT2D eigenvalue weighted by Gasteiger charge is 2.30. The van der Waals surface area contributed by atoms with E-state index >= 15 is 0 Å². The second-order valence-electron chi connectivity index (χ2n) is 26.6. The number of amides is 1. The summed E-state index contributed by atoms with van der Waals surface area (Å²) in [6.07, 6.45) is 1.82. The van der Waals surface area contributed by atoms with Gasteiger partial charge < -0.3 is 53.1 Å². The predicted octanol–water partition coefficient (Wildman–Crippen LogP) is 16.1. The predicted molar refractivity (Wildman–Crippen MR) is 454 cm³/mol. The van der Waals surface area contributed by atoms with Gasteiger partial charge in [-0.2, -0.15) is 54.0 Å². The van der Waals surface area contributed by atoms with Crippen LogP contribution >= 0.6 is 102 Å². The molecule has 0 aromatic heterocycles. The zero-order valence-corrected chi connectivity index (χ0v) is 72.8. The largest absolute Gasteiger partial charge is 0.497 e. The Labute approximate surface area is 690 Å². The van der Waals surface area contributed by atoms with Crippen molar-refractivity contribution in [2.24, 2.45) is 29.6 Å². The fraction of sp³-hybridized carbons (Fsp3) is 0.420. The molecule has 594 valence electrons. The number of rotatable bonds is 20. The van der Waals surface area contributed by atoms with Crippen molar-refractivity contribution in [3.63, 3.8) is 0 Å². The molecule has 0 bridgehead atoms. The summed E-state index contributed by atoms with van der Waals surface area (Å²) >= 11 is 10.2. The third-order valence-electron chi connectivity index (χ3n) is 18.4. The van der Waals surface area contributed by atoms with Crippen LogP contribution in [0.4, 0.5) is 0 Å². The summed E-state index contributed by atoms with van der Waals surface area (Å²) in [5, 5.41) is 22.4. The van der Waals surface area contributed by atoms with Gasteiger partial charge in [-0.25, -0.2) is 24.7 Å². The van der Waals surface area contributed by atoms with Crippen LogP contribution in [0.15, 0.2) is 148 Å². The second-order valence-corrected chi connectivity index (χ2v) is 28.9. The van der Waals surface area contributed by atoms with Gasteiger partial charge in [0.15, 0.2) is 0 Å². The smallest absolute Gasteiger partial charge is 0.337 e. The summed E-state index contributed by atoms with van der Waals surface area (Å²) < 4.78 is 49.0. The molecule has 108 heavy (non-hydrogen) atoms. The zero-order chi connectivity index (χ0) is 76.2. The number of aliphatic hydroxyl groups is 1. The Morgan fingerprint density at radius 2 is 0.870 bits per heavy atom. The lowest BCUT2D eigenvalue weighted by atomic mass is 9.90. The molecule has 0 saturated carbocycles. The first-order valence-electron chi connectivity index (χ1n) is 34.6. The van der Waals surface area contributed by atoms with Crippen molar-refractivity contribution in [3.8, 4) is 28.7 Å². The highest BCUT2D eigenvalue weighted by atomic mass is 79.9. The first-order chi connectivity index (χ1) is 49.8. The number of esters is 4. The van der Waals surface area contributed by atoms with Crippen molar-refractivity contribution in [1.82, 2.24) is 20.6 Å². The standard InChI is InChI=1S/C22H27NO4.C21H26N2O4.C15H21BrO3.C14H19NO3.C9H8Br2O2.4H2S/c1-15(2)20-14-27-21-11-17(22(24)26-4)7-8-18(21)13-23(20)12-16-5-9-19(25-3)10-6-16;1-14(2)19-13-27-20-10-16(21(24)22-25)6-7-17(20)12-23(19)11-15-4-8-18(26-3)9-5-15;1-10(2)13(9-17)7-5-11-4-6-12(8-14(11)16)15(18)19-3;1-9(2)12-8-18-13-6-10(14(16)17-3)4-5-11(13)7-15-12;1-13-9(12)6-2-3-7(5-10)8(11)4-6;;;;/h5-11,15,20H,12-14H2,1-4H3;4-10,14,19,25H,11-13H2,1-3H3,(H,22,24);4,6,8,10,13,17H,5,7,9H2,1-3H3;4-6,9,12,15H,7-8H2,1-3H3;2-4H,5H2,1H3;4*1H2/t20-;19-;13-;12-;;;;;/m1111...../s1. The third kappa shape index (κ3) is 29.3. The van der Waals surface area contributed by atoms with Gasteiger partial charge in [0.05, 0.1) is 64.9 Å². The lowest BCUT2D eigenvalue weighted by Gasteiger charge is -2.32. The molecule has 7 aromatic rings. The molecular formula is C81H109Br3N4O16S4. The van der Waals surface area contributed by atoms with Crippen LogP contribution < -0.4 is 34.5 Å². The Bertz CT molecular complexity index is 3800. The molecule has 0 unspecified atom stereocenters. The molecule has 0 fully saturated rings. The number of hydrogen-bond acceptors (Lipinski definition) is 19. The monoisotopic (exact) mass is 1760 g/mol. The number of nitrogens with one attached hydrogen (secondary N) is 2. The lowest BCUT2D eigenvalue weighted by molar-refractivity contribution is 0.0591. The number of nitrogens with zero attached hydrogens (tertiary/aromatic N) is 2. The molecule has 20 nitrogen and oxygen atoms in total. The van der Waals surface area contributed by atoms with Crippen molar-refractivity contribution in [3.05, 3.63) is 215 Å². The lowest BCUT2D eigenvalue weighted by Crippen LogP contribution is -2.40. The van der Waals surface area contributed by atoms with Gasteiger partial charge >= 0.3 is 23.9 Å². The maximum atomic E-state index is 11.8. The minimum atomic E-state index is -0.541. The quantitative estimate of drug-likeness (QED) is 0.0182. The van der Waals surface area contributed by atoms with Crippen LogP contribution in [0, 0.1) is 29.6 Å². The van der Waals surface area contributed by atoms with Gasteiger partial charge in [0, 0.05) is 94.0 Å². The highest BCUT2D eigenvalue weighted by Crippen LogP contribution is 2.34. The van der Waals surface area contributed by atoms with E-state index in [1.165, 1.54) is 39.6 Å². The number of methoxy groups -OCH3 is 6. The Morgan fingerprint density at radius 1 is 0.500 bits per heavy atom. The van der Waals surface area contributed by atoms with Gasteiger partial charge in [0.1, 0.15) is 48.6 Å². The number of fused-ring (bicyclic) bond motifs is 3. The molecule has 0 spiro atoms. The van der Waals surface area contributed by atoms with Gasteiger partial charge in [0.25, 0.3) is 5.91 Å². The average Bonchev–Trinajstić information content (AvgIpc) is 1.67. The van der Waals surface area contributed by atoms with Crippen LogP contribution in [0.5, 0.6) is 28.7 Å². The Morgan fingerprint density at radius 3 is 1.23 bits per heavy atom. The van der Waals surface area contributed by atoms with Crippen molar-refractivity contribution >= 4 is 132 Å². The molecule has 3 heterocycles. The summed E-state index contributed by atoms with van der Waals surface area (Å²) in [6.45, 7) is 23.2. The molecular weight excluding hydrogens is 1650 g/mol. The molecule has 3 aliphatic rings. The van der Waals surface area contributed by atoms with Gasteiger partial charge in [-0.05, 0) is 150 Å². The number of alkyl halides is 1. The summed E-state index contributed by atoms with van der Waals surface area (Å²) in [6, 6.07) is 44.3. The molecule has 4 N–H and O–H groups in total. The third-order valence-corrected chi connectivity index (χ3v) is 20.5. The molecule has 27 heteroatoms. The Kier molecular flexibility index (Phi) is 44.9. The molecule has 10 rings (SSSR count). The van der Waals surface area contributed by atoms with Gasteiger partial charge in [0.2, 0.25) is 0 Å². The van der Waals surface area contributed by atoms with E-state index in [0.717, 1.165) is 111 Å². The van der Waals surface area contributed by atoms with E-state index < -0.39 is 5.91 Å². The van der Waals surface area contributed by atoms with E-state index in [9.17, 15) is 29.1 Å². The number of hydroxylamine groups is 1. The average molecular weight is 1760 g/mol. The van der Waals surface area contributed by atoms with Crippen LogP contribution in [0.25, 0.3) is 0 Å². The molecule has 0 aliphatic carbocycles. The van der Waals surface area contributed by atoms with Crippen LogP contribution in [0.2, 0.25) is 0 Å². The number of carbonyl (C=O) groups excluding carboxylic acids is 5. The number of hydrogen-bond donors (Lipinski definition) is 4. The van der Waals surface area contributed by atoms with Crippen molar-refractivity contribution in [2.45, 2.75) is 124 Å². The SMILES string of the molecule is COC(=O)c1ccc(CBr)c(Br)c1.COC(=O)c1ccc(CC[C@H](CO)C(C)C)c(Br)c1.COC(=O)c1ccc2c(c1)OC[C@H](C(C)C)N(Cc1ccc(OC)cc1)C2.COC(=O)c1ccc2c(c1)OC[C@H](C(C)C)NC2.COc1ccc(CN2Cc3ccc(C(=O)NO)cc3OC[C@@H]2C(C)C)cc1.S.S.S.S. The second kappa shape index (κ2) is 49.7. The summed E-state index contributed by atoms with van der Waals surface area (Å²) in [5.74, 6) is 4.22. The van der Waals surface area contributed by atoms with E-state index in [4.69, 9.17) is 38.4 Å². The van der Waals surface area contributed by atoms with Crippen molar-refractivity contribution < 1.29 is 76.9 Å². The van der Waals surface area contributed by atoms with Crippen LogP contribution in [-0.4, -0.2) is 137 Å². The number of aliphatic hydroxyl groups excluding tert-OH is 1. The number of halogens is 3. The van der Waals surface area contributed by atoms with Crippen molar-refractivity contribution in [1.29, 1.82) is 0 Å². The number of benzene rings is 7. The fourth-order valence-electron chi connectivity index (χ4n) is 11.7. The fourth-order valence-corrected chi connectivity index (χ4v) is 13.6. The van der Waals surface area contributed by atoms with E-state index in [2.05, 4.69) is 152 Å². The minimum absolute atomic E-state index is 0. The highest BCUT2D eigenvalue weighted by molar-refractivity contribution is 9.11. The maximum absolute atomic E-state index is 11.8. The van der Waals surface area contributed by atoms with E-state index in [1.807, 2.05) is 54.6 Å². The molecule has 0 saturated heterocycles. The molecule has 7 aromatic carbocycles. The van der Waals surface area contributed by atoms with Gasteiger partial charge in [-0.1, -0.05) is 158 Å². The summed E-state index contributed by atoms with van der Waals surface area (Å²) in [4.78, 5) is 62.3. The number of ether oxygens (including phenoxy) is 9. The first-order valence-corrected chi connectivity index (χ1v) is 37.3. The Balaban J connectivity index is 0.000000464. The zero-order valence-electron chi connectivity index (χ0n) is 64.0. The summed E-state index contributed by atoms with van der Waals surface area (Å²) in [5.41, 5.74) is 12.1. The van der Waals surface area contributed by atoms with E-state index in [1.54, 1.807) is 80.4 Å². The van der Waals surface area contributed by atoms with Gasteiger partial charge in [-0.3, -0.25) is 19.8 Å². The molecule has 4 atom stereocenters. The topological polar surface area (TPSA) is 239 Å².